The molecule has 0 aromatic heterocycles. The summed E-state index contributed by atoms with van der Waals surface area (Å²) in [6, 6.07) is 23.7. The molecule has 0 aliphatic rings. The predicted octanol–water partition coefficient (Wildman–Crippen LogP) is 5.01. The summed E-state index contributed by atoms with van der Waals surface area (Å²) in [7, 11) is 1.57. The molecule has 0 spiro atoms. The molecule has 6 heteroatoms. The fourth-order valence-corrected chi connectivity index (χ4v) is 3.34. The highest BCUT2D eigenvalue weighted by Gasteiger charge is 2.16. The SMILES string of the molecule is CNC(=O)c1ccc(/C=C/C(=O)Nc2ccc(C(C#N)c3ccccc3)c(Cl)c2)cc1. The fourth-order valence-electron chi connectivity index (χ4n) is 3.05. The third-order valence-electron chi connectivity index (χ3n) is 4.67. The van der Waals surface area contributed by atoms with Gasteiger partial charge in [-0.3, -0.25) is 9.59 Å². The number of nitriles is 1. The van der Waals surface area contributed by atoms with Crippen molar-refractivity contribution in [3.63, 3.8) is 0 Å². The molecule has 3 aromatic carbocycles. The van der Waals surface area contributed by atoms with Crippen molar-refractivity contribution in [2.24, 2.45) is 0 Å². The molecule has 0 bridgehead atoms. The van der Waals surface area contributed by atoms with Gasteiger partial charge in [0.15, 0.2) is 0 Å². The van der Waals surface area contributed by atoms with Crippen molar-refractivity contribution in [1.82, 2.24) is 5.32 Å². The summed E-state index contributed by atoms with van der Waals surface area (Å²) in [4.78, 5) is 23.8. The molecule has 0 saturated carbocycles. The van der Waals surface area contributed by atoms with Crippen LogP contribution >= 0.6 is 11.6 Å². The van der Waals surface area contributed by atoms with Gasteiger partial charge in [0.1, 0.15) is 0 Å². The summed E-state index contributed by atoms with van der Waals surface area (Å²) in [6.45, 7) is 0. The van der Waals surface area contributed by atoms with Crippen LogP contribution in [0.1, 0.15) is 33.0 Å². The van der Waals surface area contributed by atoms with Gasteiger partial charge in [0, 0.05) is 29.4 Å². The number of benzene rings is 3. The molecule has 3 aromatic rings. The zero-order valence-corrected chi connectivity index (χ0v) is 17.6. The number of rotatable bonds is 6. The molecular weight excluding hydrogens is 410 g/mol. The number of carbonyl (C=O) groups is 2. The summed E-state index contributed by atoms with van der Waals surface area (Å²) >= 11 is 6.41. The van der Waals surface area contributed by atoms with Crippen molar-refractivity contribution >= 4 is 35.2 Å². The van der Waals surface area contributed by atoms with Gasteiger partial charge in [-0.1, -0.05) is 60.1 Å². The predicted molar refractivity (Wildman–Crippen MR) is 123 cm³/mol. The summed E-state index contributed by atoms with van der Waals surface area (Å²) in [5, 5.41) is 15.3. The van der Waals surface area contributed by atoms with Gasteiger partial charge in [0.05, 0.1) is 12.0 Å². The normalized spacial score (nSPS) is 11.5. The van der Waals surface area contributed by atoms with Crippen molar-refractivity contribution in [3.8, 4) is 6.07 Å². The van der Waals surface area contributed by atoms with Gasteiger partial charge in [-0.25, -0.2) is 0 Å². The van der Waals surface area contributed by atoms with E-state index in [1.807, 2.05) is 30.3 Å². The number of nitrogens with one attached hydrogen (secondary N) is 2. The molecule has 31 heavy (non-hydrogen) atoms. The van der Waals surface area contributed by atoms with Crippen molar-refractivity contribution in [2.75, 3.05) is 12.4 Å². The second-order valence-electron chi connectivity index (χ2n) is 6.73. The Morgan fingerprint density at radius 3 is 2.35 bits per heavy atom. The van der Waals surface area contributed by atoms with Gasteiger partial charge in [0.2, 0.25) is 5.91 Å². The van der Waals surface area contributed by atoms with E-state index in [9.17, 15) is 14.9 Å². The molecule has 154 valence electrons. The van der Waals surface area contributed by atoms with E-state index in [0.717, 1.165) is 11.1 Å². The lowest BCUT2D eigenvalue weighted by atomic mass is 9.92. The van der Waals surface area contributed by atoms with E-state index in [0.29, 0.717) is 21.8 Å². The van der Waals surface area contributed by atoms with Crippen LogP contribution < -0.4 is 10.6 Å². The van der Waals surface area contributed by atoms with Gasteiger partial charge in [-0.15, -0.1) is 0 Å². The van der Waals surface area contributed by atoms with E-state index in [1.54, 1.807) is 55.6 Å². The van der Waals surface area contributed by atoms with Crippen LogP contribution in [0, 0.1) is 11.3 Å². The van der Waals surface area contributed by atoms with Crippen LogP contribution in [0.3, 0.4) is 0 Å². The number of carbonyl (C=O) groups excluding carboxylic acids is 2. The van der Waals surface area contributed by atoms with E-state index in [1.165, 1.54) is 6.08 Å². The van der Waals surface area contributed by atoms with Gasteiger partial charge >= 0.3 is 0 Å². The Kier molecular flexibility index (Phi) is 7.21. The number of hydrogen-bond donors (Lipinski definition) is 2. The molecule has 5 nitrogen and oxygen atoms in total. The number of hydrogen-bond acceptors (Lipinski definition) is 3. The molecular formula is C25H20ClN3O2. The first kappa shape index (κ1) is 21.8. The van der Waals surface area contributed by atoms with Crippen LogP contribution in [-0.4, -0.2) is 18.9 Å². The highest BCUT2D eigenvalue weighted by molar-refractivity contribution is 6.31. The third kappa shape index (κ3) is 5.59. The van der Waals surface area contributed by atoms with E-state index < -0.39 is 5.92 Å². The zero-order chi connectivity index (χ0) is 22.2. The number of halogens is 1. The van der Waals surface area contributed by atoms with Gasteiger partial charge < -0.3 is 10.6 Å². The highest BCUT2D eigenvalue weighted by atomic mass is 35.5. The maximum absolute atomic E-state index is 12.3. The molecule has 2 amide bonds. The Bertz CT molecular complexity index is 1150. The molecule has 1 unspecified atom stereocenters. The lowest BCUT2D eigenvalue weighted by Crippen LogP contribution is -2.17. The summed E-state index contributed by atoms with van der Waals surface area (Å²) < 4.78 is 0. The number of nitrogens with zero attached hydrogens (tertiary/aromatic N) is 1. The molecule has 0 fully saturated rings. The van der Waals surface area contributed by atoms with Crippen molar-refractivity contribution in [3.05, 3.63) is 106 Å². The molecule has 0 saturated heterocycles. The Morgan fingerprint density at radius 1 is 1.03 bits per heavy atom. The monoisotopic (exact) mass is 429 g/mol. The smallest absolute Gasteiger partial charge is 0.251 e. The molecule has 3 rings (SSSR count). The van der Waals surface area contributed by atoms with Crippen LogP contribution in [0.5, 0.6) is 0 Å². The molecule has 1 atom stereocenters. The van der Waals surface area contributed by atoms with E-state index in [-0.39, 0.29) is 11.8 Å². The van der Waals surface area contributed by atoms with Gasteiger partial charge in [0.25, 0.3) is 5.91 Å². The van der Waals surface area contributed by atoms with Crippen LogP contribution in [-0.2, 0) is 4.79 Å². The van der Waals surface area contributed by atoms with Gasteiger partial charge in [-0.2, -0.15) is 5.26 Å². The van der Waals surface area contributed by atoms with E-state index in [2.05, 4.69) is 16.7 Å². The standard InChI is InChI=1S/C25H20ClN3O2/c1-28-25(31)19-10-7-17(8-11-19)9-14-24(30)29-20-12-13-21(23(26)15-20)22(16-27)18-5-3-2-4-6-18/h2-15,22H,1H3,(H,28,31)(H,29,30)/b14-9+. The zero-order valence-electron chi connectivity index (χ0n) is 16.8. The Labute approximate surface area is 186 Å². The van der Waals surface area contributed by atoms with Crippen molar-refractivity contribution in [1.29, 1.82) is 5.26 Å². The summed E-state index contributed by atoms with van der Waals surface area (Å²) in [5.74, 6) is -0.977. The first-order valence-corrected chi connectivity index (χ1v) is 9.95. The topological polar surface area (TPSA) is 82.0 Å². The first-order valence-electron chi connectivity index (χ1n) is 9.57. The minimum atomic E-state index is -0.490. The second kappa shape index (κ2) is 10.2. The van der Waals surface area contributed by atoms with Crippen LogP contribution in [0.2, 0.25) is 5.02 Å². The Morgan fingerprint density at radius 2 is 1.74 bits per heavy atom. The van der Waals surface area contributed by atoms with Crippen LogP contribution in [0.4, 0.5) is 5.69 Å². The summed E-state index contributed by atoms with van der Waals surface area (Å²) in [5.41, 5.74) is 3.40. The number of anilines is 1. The Balaban J connectivity index is 1.68. The quantitative estimate of drug-likeness (QED) is 0.540. The largest absolute Gasteiger partial charge is 0.355 e. The van der Waals surface area contributed by atoms with Gasteiger partial charge in [-0.05, 0) is 47.0 Å². The van der Waals surface area contributed by atoms with Crippen molar-refractivity contribution in [2.45, 2.75) is 5.92 Å². The third-order valence-corrected chi connectivity index (χ3v) is 5.00. The Hall–Kier alpha value is -3.88. The highest BCUT2D eigenvalue weighted by Crippen LogP contribution is 2.31. The lowest BCUT2D eigenvalue weighted by molar-refractivity contribution is -0.111. The van der Waals surface area contributed by atoms with Crippen molar-refractivity contribution < 1.29 is 9.59 Å². The van der Waals surface area contributed by atoms with E-state index >= 15 is 0 Å². The molecule has 2 N–H and O–H groups in total. The molecule has 0 radical (unpaired) electrons. The first-order chi connectivity index (χ1) is 15.0. The average molecular weight is 430 g/mol. The van der Waals surface area contributed by atoms with E-state index in [4.69, 9.17) is 11.6 Å². The second-order valence-corrected chi connectivity index (χ2v) is 7.14. The number of amides is 2. The maximum atomic E-state index is 12.3. The lowest BCUT2D eigenvalue weighted by Gasteiger charge is -2.13. The fraction of sp³-hybridized carbons (Fsp3) is 0.0800. The van der Waals surface area contributed by atoms with Crippen LogP contribution in [0.15, 0.2) is 78.9 Å². The minimum absolute atomic E-state index is 0.167. The van der Waals surface area contributed by atoms with Crippen LogP contribution in [0.25, 0.3) is 6.08 Å². The minimum Gasteiger partial charge on any atom is -0.355 e. The average Bonchev–Trinajstić information content (AvgIpc) is 2.80. The summed E-state index contributed by atoms with van der Waals surface area (Å²) in [6.07, 6.45) is 3.05. The molecule has 0 aliphatic carbocycles. The maximum Gasteiger partial charge on any atom is 0.251 e. The molecule has 0 heterocycles. The molecule has 0 aliphatic heterocycles.